The van der Waals surface area contributed by atoms with Crippen molar-refractivity contribution in [3.8, 4) is 12.3 Å². The molecule has 1 amide bonds. The first-order valence-electron chi connectivity index (χ1n) is 12.1. The molecule has 196 valence electrons. The van der Waals surface area contributed by atoms with E-state index < -0.39 is 21.9 Å². The van der Waals surface area contributed by atoms with Crippen molar-refractivity contribution in [3.63, 3.8) is 0 Å². The Morgan fingerprint density at radius 2 is 1.68 bits per heavy atom. The zero-order valence-corrected chi connectivity index (χ0v) is 22.9. The summed E-state index contributed by atoms with van der Waals surface area (Å²) in [5.74, 6) is 1.57. The highest BCUT2D eigenvalue weighted by atomic mass is 32.2. The predicted octanol–water partition coefficient (Wildman–Crippen LogP) is 4.45. The van der Waals surface area contributed by atoms with Gasteiger partial charge in [0, 0.05) is 18.7 Å². The van der Waals surface area contributed by atoms with Crippen molar-refractivity contribution in [2.45, 2.75) is 51.0 Å². The van der Waals surface area contributed by atoms with Crippen molar-refractivity contribution in [2.24, 2.45) is 4.99 Å². The van der Waals surface area contributed by atoms with Crippen LogP contribution in [0.2, 0.25) is 0 Å². The van der Waals surface area contributed by atoms with Crippen LogP contribution in [0.5, 0.6) is 0 Å². The van der Waals surface area contributed by atoms with E-state index in [9.17, 15) is 18.0 Å². The molecule has 1 heterocycles. The molecule has 0 saturated carbocycles. The molecule has 3 aromatic rings. The van der Waals surface area contributed by atoms with Crippen LogP contribution in [0.15, 0.2) is 52.4 Å². The zero-order chi connectivity index (χ0) is 27.0. The van der Waals surface area contributed by atoms with Gasteiger partial charge >= 0.3 is 5.97 Å². The second-order valence-corrected chi connectivity index (χ2v) is 11.3. The van der Waals surface area contributed by atoms with Crippen LogP contribution in [0.1, 0.15) is 60.2 Å². The fourth-order valence-corrected chi connectivity index (χ4v) is 6.32. The van der Waals surface area contributed by atoms with Crippen LogP contribution in [-0.4, -0.2) is 49.4 Å². The number of fused-ring (bicyclic) bond motifs is 1. The van der Waals surface area contributed by atoms with Gasteiger partial charge in [0.25, 0.3) is 5.91 Å². The normalized spacial score (nSPS) is 12.1. The Balaban J connectivity index is 1.94. The number of rotatable bonds is 11. The summed E-state index contributed by atoms with van der Waals surface area (Å²) in [4.78, 5) is 29.7. The molecule has 8 nitrogen and oxygen atoms in total. The molecule has 3 rings (SSSR count). The fraction of sp³-hybridized carbons (Fsp3) is 0.370. The minimum absolute atomic E-state index is 0.149. The predicted molar refractivity (Wildman–Crippen MR) is 145 cm³/mol. The summed E-state index contributed by atoms with van der Waals surface area (Å²) >= 11 is 1.22. The summed E-state index contributed by atoms with van der Waals surface area (Å²) in [7, 11) is -2.35. The summed E-state index contributed by atoms with van der Waals surface area (Å²) < 4.78 is 35.1. The SMILES string of the molecule is C#CCn1c(=NC(=O)c2ccc(S(=O)(=O)N(CCCC)CCCC)cc2)sc2cc(C(=O)OC)ccc21. The highest BCUT2D eigenvalue weighted by molar-refractivity contribution is 7.89. The second kappa shape index (κ2) is 12.8. The molecule has 0 bridgehead atoms. The van der Waals surface area contributed by atoms with E-state index in [2.05, 4.69) is 10.9 Å². The van der Waals surface area contributed by atoms with E-state index in [1.54, 1.807) is 22.8 Å². The maximum absolute atomic E-state index is 13.2. The van der Waals surface area contributed by atoms with E-state index in [0.717, 1.165) is 35.9 Å². The molecule has 0 atom stereocenters. The van der Waals surface area contributed by atoms with Crippen molar-refractivity contribution in [1.82, 2.24) is 8.87 Å². The highest BCUT2D eigenvalue weighted by Gasteiger charge is 2.24. The van der Waals surface area contributed by atoms with Gasteiger partial charge in [-0.25, -0.2) is 13.2 Å². The van der Waals surface area contributed by atoms with Crippen molar-refractivity contribution in [1.29, 1.82) is 0 Å². The molecule has 37 heavy (non-hydrogen) atoms. The number of unbranched alkanes of at least 4 members (excludes halogenated alkanes) is 2. The van der Waals surface area contributed by atoms with Crippen molar-refractivity contribution < 1.29 is 22.7 Å². The molecule has 0 fully saturated rings. The number of hydrogen-bond donors (Lipinski definition) is 0. The number of methoxy groups -OCH3 is 1. The summed E-state index contributed by atoms with van der Waals surface area (Å²) in [6.45, 7) is 5.17. The van der Waals surface area contributed by atoms with Crippen molar-refractivity contribution in [2.75, 3.05) is 20.2 Å². The van der Waals surface area contributed by atoms with Crippen LogP contribution in [0, 0.1) is 12.3 Å². The first kappa shape index (κ1) is 28.3. The largest absolute Gasteiger partial charge is 0.465 e. The maximum atomic E-state index is 13.2. The Morgan fingerprint density at radius 1 is 1.05 bits per heavy atom. The maximum Gasteiger partial charge on any atom is 0.337 e. The number of carbonyl (C=O) groups is 2. The van der Waals surface area contributed by atoms with E-state index in [1.807, 2.05) is 13.8 Å². The number of amides is 1. The molecule has 0 aliphatic rings. The third-order valence-electron chi connectivity index (χ3n) is 5.81. The van der Waals surface area contributed by atoms with Crippen LogP contribution in [-0.2, 0) is 21.3 Å². The molecular weight excluding hydrogens is 510 g/mol. The van der Waals surface area contributed by atoms with Crippen LogP contribution in [0.3, 0.4) is 0 Å². The van der Waals surface area contributed by atoms with Gasteiger partial charge < -0.3 is 9.30 Å². The molecule has 0 radical (unpaired) electrons. The van der Waals surface area contributed by atoms with Crippen molar-refractivity contribution in [3.05, 3.63) is 58.4 Å². The molecule has 0 unspecified atom stereocenters. The number of aromatic nitrogens is 1. The van der Waals surface area contributed by atoms with Gasteiger partial charge in [-0.05, 0) is 55.3 Å². The molecule has 0 aliphatic carbocycles. The molecule has 1 aromatic heterocycles. The van der Waals surface area contributed by atoms with Crippen LogP contribution in [0.25, 0.3) is 10.2 Å². The number of sulfonamides is 1. The lowest BCUT2D eigenvalue weighted by molar-refractivity contribution is 0.0600. The van der Waals surface area contributed by atoms with Gasteiger partial charge in [-0.2, -0.15) is 9.30 Å². The number of esters is 1. The lowest BCUT2D eigenvalue weighted by atomic mass is 10.2. The van der Waals surface area contributed by atoms with Gasteiger partial charge in [0.1, 0.15) is 0 Å². The average Bonchev–Trinajstić information content (AvgIpc) is 3.24. The number of ether oxygens (including phenoxy) is 1. The lowest BCUT2D eigenvalue weighted by Crippen LogP contribution is -2.33. The molecular formula is C27H31N3O5S2. The average molecular weight is 542 g/mol. The van der Waals surface area contributed by atoms with Gasteiger partial charge in [0.2, 0.25) is 10.0 Å². The highest BCUT2D eigenvalue weighted by Crippen LogP contribution is 2.21. The summed E-state index contributed by atoms with van der Waals surface area (Å²) in [6, 6.07) is 10.9. The van der Waals surface area contributed by atoms with Crippen molar-refractivity contribution >= 4 is 43.5 Å². The molecule has 2 aromatic carbocycles. The number of carbonyl (C=O) groups excluding carboxylic acids is 2. The number of hydrogen-bond acceptors (Lipinski definition) is 6. The third-order valence-corrected chi connectivity index (χ3v) is 8.77. The quantitative estimate of drug-likeness (QED) is 0.264. The molecule has 0 spiro atoms. The Labute approximate surface area is 221 Å². The number of terminal acetylenes is 1. The smallest absolute Gasteiger partial charge is 0.337 e. The van der Waals surface area contributed by atoms with E-state index >= 15 is 0 Å². The molecule has 0 saturated heterocycles. The molecule has 0 aliphatic heterocycles. The van der Waals surface area contributed by atoms with E-state index in [4.69, 9.17) is 11.2 Å². The first-order chi connectivity index (χ1) is 17.8. The Hall–Kier alpha value is -3.26. The summed E-state index contributed by atoms with van der Waals surface area (Å²) in [6.07, 6.45) is 8.90. The standard InChI is InChI=1S/C27H31N3O5S2/c1-5-8-17-29(18-9-6-2)37(33,34)22-13-10-20(11-14-22)25(31)28-27-30(16-7-3)23-15-12-21(26(32)35-4)19-24(23)36-27/h3,10-15,19H,5-6,8-9,16-18H2,1-2,4H3. The van der Waals surface area contributed by atoms with Gasteiger partial charge in [0.15, 0.2) is 4.80 Å². The van der Waals surface area contributed by atoms with E-state index in [-0.39, 0.29) is 17.0 Å². The number of thiazole rings is 1. The third kappa shape index (κ3) is 6.55. The van der Waals surface area contributed by atoms with Crippen LogP contribution >= 0.6 is 11.3 Å². The van der Waals surface area contributed by atoms with Gasteiger partial charge in [-0.15, -0.1) is 6.42 Å². The summed E-state index contributed by atoms with van der Waals surface area (Å²) in [5.41, 5.74) is 1.38. The van der Waals surface area contributed by atoms with Gasteiger partial charge in [0.05, 0.1) is 34.3 Å². The topological polar surface area (TPSA) is 98.0 Å². The fourth-order valence-electron chi connectivity index (χ4n) is 3.74. The van der Waals surface area contributed by atoms with E-state index in [1.165, 1.54) is 47.0 Å². The van der Waals surface area contributed by atoms with Gasteiger partial charge in [-0.3, -0.25) is 4.79 Å². The van der Waals surface area contributed by atoms with E-state index in [0.29, 0.717) is 23.5 Å². The van der Waals surface area contributed by atoms with Gasteiger partial charge in [-0.1, -0.05) is 43.9 Å². The monoisotopic (exact) mass is 541 g/mol. The second-order valence-electron chi connectivity index (χ2n) is 8.40. The van der Waals surface area contributed by atoms with Crippen LogP contribution < -0.4 is 4.80 Å². The molecule has 0 N–H and O–H groups in total. The Morgan fingerprint density at radius 3 is 2.24 bits per heavy atom. The number of nitrogens with zero attached hydrogens (tertiary/aromatic N) is 3. The minimum Gasteiger partial charge on any atom is -0.465 e. The number of benzene rings is 2. The Bertz CT molecular complexity index is 1470. The zero-order valence-electron chi connectivity index (χ0n) is 21.3. The minimum atomic E-state index is -3.66. The van der Waals surface area contributed by atoms with Crippen LogP contribution in [0.4, 0.5) is 0 Å². The first-order valence-corrected chi connectivity index (χ1v) is 14.4. The summed E-state index contributed by atoms with van der Waals surface area (Å²) in [5, 5.41) is 0. The Kier molecular flexibility index (Phi) is 9.80. The molecule has 10 heteroatoms. The lowest BCUT2D eigenvalue weighted by Gasteiger charge is -2.22.